The molecule has 0 saturated carbocycles. The Kier molecular flexibility index (Phi) is 5.31. The zero-order valence-corrected chi connectivity index (χ0v) is 14.7. The fourth-order valence-electron chi connectivity index (χ4n) is 2.82. The first-order valence-electron chi connectivity index (χ1n) is 8.46. The van der Waals surface area contributed by atoms with Gasteiger partial charge in [0.25, 0.3) is 5.91 Å². The van der Waals surface area contributed by atoms with E-state index in [-0.39, 0.29) is 24.6 Å². The van der Waals surface area contributed by atoms with E-state index >= 15 is 0 Å². The van der Waals surface area contributed by atoms with Crippen LogP contribution in [0.1, 0.15) is 19.5 Å². The van der Waals surface area contributed by atoms with Gasteiger partial charge in [0.15, 0.2) is 6.61 Å². The summed E-state index contributed by atoms with van der Waals surface area (Å²) >= 11 is 0. The van der Waals surface area contributed by atoms with Crippen LogP contribution in [0.4, 0.5) is 16.2 Å². The number of benzene rings is 1. The fourth-order valence-corrected chi connectivity index (χ4v) is 2.82. The quantitative estimate of drug-likeness (QED) is 0.855. The first-order valence-corrected chi connectivity index (χ1v) is 8.46. The Morgan fingerprint density at radius 3 is 2.96 bits per heavy atom. The summed E-state index contributed by atoms with van der Waals surface area (Å²) in [5, 5.41) is 5.64. The number of nitrogens with one attached hydrogen (secondary N) is 2. The summed E-state index contributed by atoms with van der Waals surface area (Å²) in [6.07, 6.45) is 5.50. The van der Waals surface area contributed by atoms with Crippen molar-refractivity contribution in [2.24, 2.45) is 0 Å². The van der Waals surface area contributed by atoms with Crippen LogP contribution < -0.4 is 20.3 Å². The third-order valence-electron chi connectivity index (χ3n) is 3.99. The molecule has 2 N–H and O–H groups in total. The van der Waals surface area contributed by atoms with Crippen LogP contribution in [0.5, 0.6) is 5.75 Å². The van der Waals surface area contributed by atoms with E-state index in [4.69, 9.17) is 4.74 Å². The van der Waals surface area contributed by atoms with Gasteiger partial charge in [-0.05, 0) is 26.0 Å². The number of hydrogen-bond donors (Lipinski definition) is 2. The van der Waals surface area contributed by atoms with Gasteiger partial charge in [0.05, 0.1) is 11.4 Å². The summed E-state index contributed by atoms with van der Waals surface area (Å²) < 4.78 is 5.47. The van der Waals surface area contributed by atoms with Gasteiger partial charge in [-0.3, -0.25) is 14.8 Å². The first kappa shape index (κ1) is 17.7. The standard InChI is InChI=1S/C18H21N5O3/c1-3-23-15-5-4-13(9-16(15)26-11-17(23)24)22-18(25)21-12(2)8-14-10-19-6-7-20-14/h4-7,9-10,12H,3,8,11H2,1-2H3,(H2,21,22,25)/t12-/m1/s1. The molecule has 0 radical (unpaired) electrons. The van der Waals surface area contributed by atoms with Crippen molar-refractivity contribution in [1.29, 1.82) is 0 Å². The second-order valence-corrected chi connectivity index (χ2v) is 6.01. The molecular weight excluding hydrogens is 334 g/mol. The Balaban J connectivity index is 1.60. The van der Waals surface area contributed by atoms with Gasteiger partial charge in [-0.15, -0.1) is 0 Å². The number of hydrogen-bond acceptors (Lipinski definition) is 5. The number of nitrogens with zero attached hydrogens (tertiary/aromatic N) is 3. The summed E-state index contributed by atoms with van der Waals surface area (Å²) in [4.78, 5) is 33.9. The van der Waals surface area contributed by atoms with Crippen LogP contribution >= 0.6 is 0 Å². The van der Waals surface area contributed by atoms with Crippen molar-refractivity contribution in [3.63, 3.8) is 0 Å². The van der Waals surface area contributed by atoms with Crippen LogP contribution in [0.25, 0.3) is 0 Å². The average molecular weight is 355 g/mol. The number of aromatic nitrogens is 2. The topological polar surface area (TPSA) is 96.5 Å². The van der Waals surface area contributed by atoms with Crippen molar-refractivity contribution in [2.45, 2.75) is 26.3 Å². The highest BCUT2D eigenvalue weighted by atomic mass is 16.5. The lowest BCUT2D eigenvalue weighted by atomic mass is 10.2. The SMILES string of the molecule is CCN1C(=O)COc2cc(NC(=O)N[C@H](C)Cc3cnccn3)ccc21. The Morgan fingerprint density at radius 2 is 2.23 bits per heavy atom. The predicted octanol–water partition coefficient (Wildman–Crippen LogP) is 1.97. The number of fused-ring (bicyclic) bond motifs is 1. The number of carbonyl (C=O) groups excluding carboxylic acids is 2. The Hall–Kier alpha value is -3.16. The second kappa shape index (κ2) is 7.81. The normalized spacial score (nSPS) is 14.2. The van der Waals surface area contributed by atoms with Crippen molar-refractivity contribution >= 4 is 23.3 Å². The number of rotatable bonds is 5. The molecule has 1 aromatic carbocycles. The molecule has 2 aromatic rings. The van der Waals surface area contributed by atoms with E-state index in [1.54, 1.807) is 41.7 Å². The van der Waals surface area contributed by atoms with Gasteiger partial charge in [-0.2, -0.15) is 0 Å². The maximum absolute atomic E-state index is 12.2. The van der Waals surface area contributed by atoms with E-state index in [0.29, 0.717) is 30.1 Å². The molecule has 1 aliphatic heterocycles. The molecule has 0 aliphatic carbocycles. The van der Waals surface area contributed by atoms with Crippen molar-refractivity contribution in [3.8, 4) is 5.75 Å². The Bertz CT molecular complexity index is 797. The number of amides is 3. The molecule has 1 aromatic heterocycles. The molecule has 3 rings (SSSR count). The third-order valence-corrected chi connectivity index (χ3v) is 3.99. The van der Waals surface area contributed by atoms with Crippen molar-refractivity contribution in [3.05, 3.63) is 42.5 Å². The van der Waals surface area contributed by atoms with Crippen molar-refractivity contribution < 1.29 is 14.3 Å². The Labute approximate surface area is 151 Å². The van der Waals surface area contributed by atoms with Gasteiger partial charge in [-0.25, -0.2) is 4.79 Å². The molecule has 0 spiro atoms. The lowest BCUT2D eigenvalue weighted by Gasteiger charge is -2.28. The van der Waals surface area contributed by atoms with Gasteiger partial charge >= 0.3 is 6.03 Å². The summed E-state index contributed by atoms with van der Waals surface area (Å²) in [6.45, 7) is 4.38. The molecular formula is C18H21N5O3. The maximum atomic E-state index is 12.2. The zero-order valence-electron chi connectivity index (χ0n) is 14.7. The minimum atomic E-state index is -0.319. The summed E-state index contributed by atoms with van der Waals surface area (Å²) in [5.74, 6) is 0.508. The molecule has 2 heterocycles. The number of likely N-dealkylation sites (N-methyl/N-ethyl adjacent to an activating group) is 1. The monoisotopic (exact) mass is 355 g/mol. The largest absolute Gasteiger partial charge is 0.481 e. The highest BCUT2D eigenvalue weighted by molar-refractivity contribution is 5.98. The first-order chi connectivity index (χ1) is 12.6. The number of ether oxygens (including phenoxy) is 1. The summed E-state index contributed by atoms with van der Waals surface area (Å²) in [7, 11) is 0. The number of urea groups is 1. The Morgan fingerprint density at radius 1 is 1.38 bits per heavy atom. The minimum Gasteiger partial charge on any atom is -0.481 e. The van der Waals surface area contributed by atoms with Crippen LogP contribution in [0, 0.1) is 0 Å². The number of carbonyl (C=O) groups is 2. The van der Waals surface area contributed by atoms with Gasteiger partial charge in [0.1, 0.15) is 5.75 Å². The molecule has 0 fully saturated rings. The van der Waals surface area contributed by atoms with Crippen LogP contribution in [0.15, 0.2) is 36.8 Å². The molecule has 8 nitrogen and oxygen atoms in total. The molecule has 26 heavy (non-hydrogen) atoms. The summed E-state index contributed by atoms with van der Waals surface area (Å²) in [6, 6.07) is 4.82. The summed E-state index contributed by atoms with van der Waals surface area (Å²) in [5.41, 5.74) is 2.12. The zero-order chi connectivity index (χ0) is 18.5. The van der Waals surface area contributed by atoms with E-state index in [0.717, 1.165) is 5.69 Å². The van der Waals surface area contributed by atoms with E-state index in [9.17, 15) is 9.59 Å². The van der Waals surface area contributed by atoms with Gasteiger partial charge < -0.3 is 20.3 Å². The smallest absolute Gasteiger partial charge is 0.319 e. The van der Waals surface area contributed by atoms with Gasteiger partial charge in [-0.1, -0.05) is 0 Å². The molecule has 1 aliphatic rings. The molecule has 3 amide bonds. The van der Waals surface area contributed by atoms with Crippen molar-refractivity contribution in [2.75, 3.05) is 23.4 Å². The molecule has 0 bridgehead atoms. The van der Waals surface area contributed by atoms with E-state index < -0.39 is 0 Å². The molecule has 1 atom stereocenters. The van der Waals surface area contributed by atoms with E-state index in [2.05, 4.69) is 20.6 Å². The average Bonchev–Trinajstić information content (AvgIpc) is 2.62. The van der Waals surface area contributed by atoms with Crippen LogP contribution in [0.2, 0.25) is 0 Å². The van der Waals surface area contributed by atoms with E-state index in [1.165, 1.54) is 0 Å². The number of anilines is 2. The van der Waals surface area contributed by atoms with E-state index in [1.807, 2.05) is 13.8 Å². The third kappa shape index (κ3) is 4.08. The maximum Gasteiger partial charge on any atom is 0.319 e. The molecule has 8 heteroatoms. The second-order valence-electron chi connectivity index (χ2n) is 6.01. The molecule has 0 unspecified atom stereocenters. The van der Waals surface area contributed by atoms with Gasteiger partial charge in [0.2, 0.25) is 0 Å². The lowest BCUT2D eigenvalue weighted by Crippen LogP contribution is -2.39. The van der Waals surface area contributed by atoms with Crippen LogP contribution in [-0.2, 0) is 11.2 Å². The van der Waals surface area contributed by atoms with Crippen LogP contribution in [0.3, 0.4) is 0 Å². The van der Waals surface area contributed by atoms with Crippen LogP contribution in [-0.4, -0.2) is 41.1 Å². The highest BCUT2D eigenvalue weighted by Crippen LogP contribution is 2.34. The lowest BCUT2D eigenvalue weighted by molar-refractivity contribution is -0.121. The minimum absolute atomic E-state index is 0.00559. The fraction of sp³-hybridized carbons (Fsp3) is 0.333. The van der Waals surface area contributed by atoms with Crippen molar-refractivity contribution in [1.82, 2.24) is 15.3 Å². The van der Waals surface area contributed by atoms with Gasteiger partial charge in [0, 0.05) is 49.4 Å². The molecule has 136 valence electrons. The highest BCUT2D eigenvalue weighted by Gasteiger charge is 2.24. The molecule has 0 saturated heterocycles. The predicted molar refractivity (Wildman–Crippen MR) is 97.3 cm³/mol.